The van der Waals surface area contributed by atoms with E-state index in [1.807, 2.05) is 25.1 Å². The number of carbonyl (C=O) groups is 1. The zero-order valence-corrected chi connectivity index (χ0v) is 17.3. The molecule has 2 N–H and O–H groups in total. The Labute approximate surface area is 179 Å². The number of Topliss-reactive ketones (excluding diaryl/α,β-unsaturated/α-hetero) is 1. The Kier molecular flexibility index (Phi) is 5.30. The quantitative estimate of drug-likeness (QED) is 0.450. The van der Waals surface area contributed by atoms with Gasteiger partial charge in [-0.1, -0.05) is 6.92 Å². The molecule has 0 unspecified atom stereocenters. The number of phenols is 2. The summed E-state index contributed by atoms with van der Waals surface area (Å²) in [5, 5.41) is 29.6. The summed E-state index contributed by atoms with van der Waals surface area (Å²) < 4.78 is 13.3. The summed E-state index contributed by atoms with van der Waals surface area (Å²) in [7, 11) is 1.60. The predicted molar refractivity (Wildman–Crippen MR) is 115 cm³/mol. The monoisotopic (exact) mass is 418 g/mol. The lowest BCUT2D eigenvalue weighted by Gasteiger charge is -2.09. The first-order chi connectivity index (χ1) is 15.0. The lowest BCUT2D eigenvalue weighted by Crippen LogP contribution is -2.04. The maximum Gasteiger partial charge on any atom is 0.235 e. The van der Waals surface area contributed by atoms with Crippen LogP contribution < -0.4 is 9.47 Å². The largest absolute Gasteiger partial charge is 0.508 e. The average Bonchev–Trinajstić information content (AvgIpc) is 3.22. The van der Waals surface area contributed by atoms with Gasteiger partial charge in [0.15, 0.2) is 5.76 Å². The van der Waals surface area contributed by atoms with Crippen molar-refractivity contribution in [3.05, 3.63) is 52.9 Å². The van der Waals surface area contributed by atoms with Crippen molar-refractivity contribution in [3.63, 3.8) is 0 Å². The summed E-state index contributed by atoms with van der Waals surface area (Å²) >= 11 is 0. The molecule has 1 aliphatic rings. The van der Waals surface area contributed by atoms with Crippen molar-refractivity contribution in [3.8, 4) is 29.1 Å². The third kappa shape index (κ3) is 3.46. The van der Waals surface area contributed by atoms with Crippen molar-refractivity contribution in [2.45, 2.75) is 32.7 Å². The molecule has 0 saturated heterocycles. The van der Waals surface area contributed by atoms with Crippen LogP contribution in [0.15, 0.2) is 36.1 Å². The molecule has 3 aromatic rings. The standard InChI is InChI=1S/C24H22N2O5/c1-3-18-17(13-22-24(29)23-20(28)10-14(27)11-21(23)31-22)16-12-15(30-2)6-7-19(16)26(18)9-5-4-8-25/h6-7,10-13,27-28H,3-5,9H2,1-2H3/b22-13-. The van der Waals surface area contributed by atoms with E-state index in [0.717, 1.165) is 28.2 Å². The topological polar surface area (TPSA) is 105 Å². The fourth-order valence-corrected chi connectivity index (χ4v) is 4.06. The lowest BCUT2D eigenvalue weighted by molar-refractivity contribution is 0.101. The van der Waals surface area contributed by atoms with Crippen molar-refractivity contribution in [1.82, 2.24) is 4.57 Å². The molecule has 7 heteroatoms. The molecular weight excluding hydrogens is 396 g/mol. The molecule has 1 aliphatic heterocycles. The fraction of sp³-hybridized carbons (Fsp3) is 0.250. The molecular formula is C24H22N2O5. The molecule has 2 heterocycles. The number of aryl methyl sites for hydroxylation is 1. The van der Waals surface area contributed by atoms with Crippen LogP contribution in [0, 0.1) is 11.3 Å². The molecule has 158 valence electrons. The minimum Gasteiger partial charge on any atom is -0.508 e. The average molecular weight is 418 g/mol. The molecule has 0 aliphatic carbocycles. The van der Waals surface area contributed by atoms with Gasteiger partial charge in [-0.3, -0.25) is 4.79 Å². The van der Waals surface area contributed by atoms with Crippen LogP contribution in [0.25, 0.3) is 17.0 Å². The maximum atomic E-state index is 12.9. The maximum absolute atomic E-state index is 12.9. The minimum absolute atomic E-state index is 0.0393. The molecule has 0 radical (unpaired) electrons. The van der Waals surface area contributed by atoms with Gasteiger partial charge < -0.3 is 24.3 Å². The lowest BCUT2D eigenvalue weighted by atomic mass is 10.0. The molecule has 31 heavy (non-hydrogen) atoms. The van der Waals surface area contributed by atoms with E-state index in [2.05, 4.69) is 10.6 Å². The summed E-state index contributed by atoms with van der Waals surface area (Å²) in [4.78, 5) is 12.9. The van der Waals surface area contributed by atoms with Gasteiger partial charge in [-0.25, -0.2) is 0 Å². The smallest absolute Gasteiger partial charge is 0.235 e. The summed E-state index contributed by atoms with van der Waals surface area (Å²) in [6.45, 7) is 2.70. The van der Waals surface area contributed by atoms with Crippen LogP contribution in [0.4, 0.5) is 0 Å². The van der Waals surface area contributed by atoms with E-state index < -0.39 is 5.78 Å². The number of benzene rings is 2. The summed E-state index contributed by atoms with van der Waals surface area (Å²) in [6.07, 6.45) is 3.55. The molecule has 0 spiro atoms. The second-order valence-corrected chi connectivity index (χ2v) is 7.29. The highest BCUT2D eigenvalue weighted by molar-refractivity contribution is 6.17. The summed E-state index contributed by atoms with van der Waals surface area (Å²) in [5.41, 5.74) is 2.85. The third-order valence-corrected chi connectivity index (χ3v) is 5.44. The predicted octanol–water partition coefficient (Wildman–Crippen LogP) is 4.54. The number of ether oxygens (including phenoxy) is 2. The first-order valence-corrected chi connectivity index (χ1v) is 10.0. The zero-order valence-electron chi connectivity index (χ0n) is 17.3. The number of methoxy groups -OCH3 is 1. The number of rotatable bonds is 6. The Morgan fingerprint density at radius 2 is 2.06 bits per heavy atom. The Balaban J connectivity index is 1.88. The molecule has 4 rings (SSSR count). The van der Waals surface area contributed by atoms with Crippen LogP contribution in [0.1, 0.15) is 41.4 Å². The number of unbranched alkanes of at least 4 members (excludes halogenated alkanes) is 1. The van der Waals surface area contributed by atoms with E-state index in [1.165, 1.54) is 6.07 Å². The molecule has 2 aromatic carbocycles. The van der Waals surface area contributed by atoms with Gasteiger partial charge in [0.1, 0.15) is 28.6 Å². The number of fused-ring (bicyclic) bond motifs is 2. The van der Waals surface area contributed by atoms with Gasteiger partial charge in [-0.05, 0) is 37.1 Å². The minimum atomic E-state index is -0.442. The normalized spacial score (nSPS) is 14.0. The van der Waals surface area contributed by atoms with Gasteiger partial charge in [-0.15, -0.1) is 0 Å². The van der Waals surface area contributed by atoms with E-state index in [9.17, 15) is 15.0 Å². The highest BCUT2D eigenvalue weighted by Crippen LogP contribution is 2.41. The second kappa shape index (κ2) is 8.07. The molecule has 0 saturated carbocycles. The SMILES string of the molecule is CCc1c(/C=C2\Oc3cc(O)cc(O)c3C2=O)c2cc(OC)ccc2n1CCCC#N. The van der Waals surface area contributed by atoms with Crippen molar-refractivity contribution < 1.29 is 24.5 Å². The number of aromatic nitrogens is 1. The Bertz CT molecular complexity index is 1260. The molecule has 0 amide bonds. The molecule has 0 bridgehead atoms. The van der Waals surface area contributed by atoms with Crippen LogP contribution in [0.5, 0.6) is 23.0 Å². The number of aromatic hydroxyl groups is 2. The number of nitrogens with zero attached hydrogens (tertiary/aromatic N) is 2. The molecule has 0 atom stereocenters. The van der Waals surface area contributed by atoms with Crippen molar-refractivity contribution in [2.24, 2.45) is 0 Å². The zero-order chi connectivity index (χ0) is 22.1. The summed E-state index contributed by atoms with van der Waals surface area (Å²) in [6, 6.07) is 10.4. The molecule has 0 fully saturated rings. The van der Waals surface area contributed by atoms with Gasteiger partial charge in [0.25, 0.3) is 0 Å². The number of allylic oxidation sites excluding steroid dienone is 1. The number of ketones is 1. The highest BCUT2D eigenvalue weighted by atomic mass is 16.5. The fourth-order valence-electron chi connectivity index (χ4n) is 4.06. The first-order valence-electron chi connectivity index (χ1n) is 10.0. The van der Waals surface area contributed by atoms with Crippen LogP contribution in [-0.2, 0) is 13.0 Å². The van der Waals surface area contributed by atoms with Gasteiger partial charge in [0.05, 0.1) is 13.2 Å². The second-order valence-electron chi connectivity index (χ2n) is 7.29. The Hall–Kier alpha value is -3.92. The van der Waals surface area contributed by atoms with Gasteiger partial charge >= 0.3 is 0 Å². The van der Waals surface area contributed by atoms with Gasteiger partial charge in [0.2, 0.25) is 5.78 Å². The third-order valence-electron chi connectivity index (χ3n) is 5.44. The molecule has 7 nitrogen and oxygen atoms in total. The first kappa shape index (κ1) is 20.4. The van der Waals surface area contributed by atoms with Crippen LogP contribution in [0.3, 0.4) is 0 Å². The highest BCUT2D eigenvalue weighted by Gasteiger charge is 2.32. The number of hydrogen-bond acceptors (Lipinski definition) is 6. The Morgan fingerprint density at radius 3 is 2.77 bits per heavy atom. The van der Waals surface area contributed by atoms with Crippen molar-refractivity contribution in [2.75, 3.05) is 7.11 Å². The number of hydrogen-bond donors (Lipinski definition) is 2. The number of nitriles is 1. The van der Waals surface area contributed by atoms with E-state index in [0.29, 0.717) is 31.6 Å². The van der Waals surface area contributed by atoms with E-state index in [-0.39, 0.29) is 28.6 Å². The van der Waals surface area contributed by atoms with E-state index in [4.69, 9.17) is 14.7 Å². The van der Waals surface area contributed by atoms with Crippen LogP contribution >= 0.6 is 0 Å². The van der Waals surface area contributed by atoms with Crippen molar-refractivity contribution >= 4 is 22.8 Å². The van der Waals surface area contributed by atoms with E-state index >= 15 is 0 Å². The number of carbonyl (C=O) groups excluding carboxylic acids is 1. The Morgan fingerprint density at radius 1 is 1.26 bits per heavy atom. The summed E-state index contributed by atoms with van der Waals surface area (Å²) in [5.74, 6) is -0.0546. The molecule has 1 aromatic heterocycles. The number of phenolic OH excluding ortho intramolecular Hbond substituents is 2. The van der Waals surface area contributed by atoms with Gasteiger partial charge in [0, 0.05) is 47.3 Å². The van der Waals surface area contributed by atoms with Crippen LogP contribution in [0.2, 0.25) is 0 Å². The van der Waals surface area contributed by atoms with Crippen molar-refractivity contribution in [1.29, 1.82) is 5.26 Å². The van der Waals surface area contributed by atoms with Crippen LogP contribution in [-0.4, -0.2) is 27.7 Å². The van der Waals surface area contributed by atoms with E-state index in [1.54, 1.807) is 13.2 Å². The van der Waals surface area contributed by atoms with Gasteiger partial charge in [-0.2, -0.15) is 5.26 Å².